The molecule has 95 valence electrons. The van der Waals surface area contributed by atoms with Gasteiger partial charge >= 0.3 is 5.97 Å². The lowest BCUT2D eigenvalue weighted by atomic mass is 10.0. The van der Waals surface area contributed by atoms with E-state index in [1.54, 1.807) is 48.5 Å². The van der Waals surface area contributed by atoms with Gasteiger partial charge in [0.05, 0.1) is 0 Å². The SMILES string of the molecule is O=C(O)[CH]Nc1ccccc1C(=O)c1ccccc1. The van der Waals surface area contributed by atoms with E-state index in [1.165, 1.54) is 0 Å². The van der Waals surface area contributed by atoms with Gasteiger partial charge in [-0.25, -0.2) is 4.79 Å². The van der Waals surface area contributed by atoms with Crippen LogP contribution >= 0.6 is 0 Å². The molecule has 4 heteroatoms. The quantitative estimate of drug-likeness (QED) is 0.805. The van der Waals surface area contributed by atoms with Crippen LogP contribution < -0.4 is 5.32 Å². The smallest absolute Gasteiger partial charge is 0.328 e. The first kappa shape index (κ1) is 12.8. The van der Waals surface area contributed by atoms with E-state index in [0.29, 0.717) is 16.8 Å². The molecule has 0 bridgehead atoms. The highest BCUT2D eigenvalue weighted by molar-refractivity contribution is 6.12. The molecule has 2 N–H and O–H groups in total. The summed E-state index contributed by atoms with van der Waals surface area (Å²) >= 11 is 0. The highest BCUT2D eigenvalue weighted by Crippen LogP contribution is 2.19. The van der Waals surface area contributed by atoms with Crippen molar-refractivity contribution in [3.63, 3.8) is 0 Å². The van der Waals surface area contributed by atoms with Gasteiger partial charge in [0.1, 0.15) is 0 Å². The lowest BCUT2D eigenvalue weighted by Crippen LogP contribution is -2.10. The number of para-hydroxylation sites is 1. The van der Waals surface area contributed by atoms with E-state index in [1.807, 2.05) is 6.07 Å². The fourth-order valence-electron chi connectivity index (χ4n) is 1.69. The minimum Gasteiger partial charge on any atom is -0.480 e. The Kier molecular flexibility index (Phi) is 3.93. The Morgan fingerprint density at radius 3 is 2.26 bits per heavy atom. The third-order valence-corrected chi connectivity index (χ3v) is 2.56. The molecule has 19 heavy (non-hydrogen) atoms. The number of hydrogen-bond donors (Lipinski definition) is 2. The Labute approximate surface area is 110 Å². The van der Waals surface area contributed by atoms with Gasteiger partial charge in [-0.2, -0.15) is 0 Å². The highest BCUT2D eigenvalue weighted by atomic mass is 16.4. The van der Waals surface area contributed by atoms with Crippen molar-refractivity contribution in [2.45, 2.75) is 0 Å². The van der Waals surface area contributed by atoms with Gasteiger partial charge in [0.25, 0.3) is 0 Å². The molecule has 1 radical (unpaired) electrons. The minimum absolute atomic E-state index is 0.150. The number of carbonyl (C=O) groups is 2. The molecule has 0 spiro atoms. The topological polar surface area (TPSA) is 66.4 Å². The van der Waals surface area contributed by atoms with Crippen LogP contribution in [0.3, 0.4) is 0 Å². The number of carbonyl (C=O) groups excluding carboxylic acids is 1. The van der Waals surface area contributed by atoms with Crippen molar-refractivity contribution in [2.24, 2.45) is 0 Å². The molecule has 2 aromatic carbocycles. The second-order valence-electron chi connectivity index (χ2n) is 3.87. The van der Waals surface area contributed by atoms with Crippen molar-refractivity contribution in [3.8, 4) is 0 Å². The molecule has 0 heterocycles. The Bertz CT molecular complexity index is 593. The Morgan fingerprint density at radius 2 is 1.58 bits per heavy atom. The molecule has 0 saturated carbocycles. The van der Waals surface area contributed by atoms with Crippen LogP contribution in [0.25, 0.3) is 0 Å². The largest absolute Gasteiger partial charge is 0.480 e. The van der Waals surface area contributed by atoms with Gasteiger partial charge in [-0.3, -0.25) is 4.79 Å². The lowest BCUT2D eigenvalue weighted by Gasteiger charge is -2.09. The van der Waals surface area contributed by atoms with Crippen LogP contribution in [0, 0.1) is 6.54 Å². The van der Waals surface area contributed by atoms with Crippen LogP contribution in [0.2, 0.25) is 0 Å². The van der Waals surface area contributed by atoms with E-state index in [4.69, 9.17) is 5.11 Å². The molecule has 0 aliphatic heterocycles. The van der Waals surface area contributed by atoms with Gasteiger partial charge in [-0.05, 0) is 12.1 Å². The average Bonchev–Trinajstić information content (AvgIpc) is 2.45. The summed E-state index contributed by atoms with van der Waals surface area (Å²) in [6.45, 7) is 0.900. The van der Waals surface area contributed by atoms with Crippen LogP contribution in [-0.2, 0) is 4.79 Å². The summed E-state index contributed by atoms with van der Waals surface area (Å²) in [7, 11) is 0. The maximum Gasteiger partial charge on any atom is 0.328 e. The zero-order valence-electron chi connectivity index (χ0n) is 10.0. The van der Waals surface area contributed by atoms with E-state index >= 15 is 0 Å². The third kappa shape index (κ3) is 3.19. The summed E-state index contributed by atoms with van der Waals surface area (Å²) in [6.07, 6.45) is 0. The molecule has 0 aliphatic rings. The van der Waals surface area contributed by atoms with E-state index in [2.05, 4.69) is 5.32 Å². The second kappa shape index (κ2) is 5.82. The zero-order valence-corrected chi connectivity index (χ0v) is 10.0. The Morgan fingerprint density at radius 1 is 0.947 bits per heavy atom. The van der Waals surface area contributed by atoms with Gasteiger partial charge < -0.3 is 10.4 Å². The van der Waals surface area contributed by atoms with Crippen molar-refractivity contribution in [2.75, 3.05) is 5.32 Å². The molecular weight excluding hydrogens is 242 g/mol. The summed E-state index contributed by atoms with van der Waals surface area (Å²) in [4.78, 5) is 22.8. The summed E-state index contributed by atoms with van der Waals surface area (Å²) in [5.74, 6) is -1.25. The predicted octanol–water partition coefficient (Wildman–Crippen LogP) is 2.58. The van der Waals surface area contributed by atoms with Crippen molar-refractivity contribution < 1.29 is 14.7 Å². The van der Waals surface area contributed by atoms with E-state index in [0.717, 1.165) is 6.54 Å². The van der Waals surface area contributed by atoms with Crippen LogP contribution in [0.15, 0.2) is 54.6 Å². The van der Waals surface area contributed by atoms with Gasteiger partial charge in [0, 0.05) is 16.8 Å². The Hall–Kier alpha value is -2.62. The number of aliphatic carboxylic acids is 1. The second-order valence-corrected chi connectivity index (χ2v) is 3.87. The number of carboxylic acids is 1. The summed E-state index contributed by atoms with van der Waals surface area (Å²) in [5.41, 5.74) is 1.47. The number of hydrogen-bond acceptors (Lipinski definition) is 3. The van der Waals surface area contributed by atoms with Gasteiger partial charge in [-0.15, -0.1) is 0 Å². The average molecular weight is 254 g/mol. The van der Waals surface area contributed by atoms with E-state index in [-0.39, 0.29) is 5.78 Å². The number of rotatable bonds is 5. The number of ketones is 1. The number of benzene rings is 2. The van der Waals surface area contributed by atoms with Gasteiger partial charge in [0.15, 0.2) is 12.3 Å². The third-order valence-electron chi connectivity index (χ3n) is 2.56. The van der Waals surface area contributed by atoms with E-state index < -0.39 is 5.97 Å². The first-order chi connectivity index (χ1) is 9.18. The Balaban J connectivity index is 2.29. The van der Waals surface area contributed by atoms with Gasteiger partial charge in [-0.1, -0.05) is 42.5 Å². The normalized spacial score (nSPS) is 9.89. The van der Waals surface area contributed by atoms with E-state index in [9.17, 15) is 9.59 Å². The molecular formula is C15H12NO3. The maximum absolute atomic E-state index is 12.3. The monoisotopic (exact) mass is 254 g/mol. The molecule has 0 aromatic heterocycles. The molecule has 0 fully saturated rings. The fraction of sp³-hybridized carbons (Fsp3) is 0. The van der Waals surface area contributed by atoms with Crippen molar-refractivity contribution in [1.29, 1.82) is 0 Å². The predicted molar refractivity (Wildman–Crippen MR) is 71.9 cm³/mol. The molecule has 2 aromatic rings. The summed E-state index contributed by atoms with van der Waals surface area (Å²) < 4.78 is 0. The number of anilines is 1. The van der Waals surface area contributed by atoms with Crippen LogP contribution in [0.4, 0.5) is 5.69 Å². The molecule has 0 saturated heterocycles. The molecule has 0 atom stereocenters. The molecule has 0 aliphatic carbocycles. The minimum atomic E-state index is -1.10. The highest BCUT2D eigenvalue weighted by Gasteiger charge is 2.13. The maximum atomic E-state index is 12.3. The summed E-state index contributed by atoms with van der Waals surface area (Å²) in [5, 5.41) is 11.2. The van der Waals surface area contributed by atoms with Gasteiger partial charge in [0.2, 0.25) is 0 Å². The lowest BCUT2D eigenvalue weighted by molar-refractivity contribution is -0.132. The fourth-order valence-corrected chi connectivity index (χ4v) is 1.69. The standard InChI is InChI=1S/C15H12NO3/c17-14(18)10-16-13-9-5-4-8-12(13)15(19)11-6-2-1-3-7-11/h1-10,16H,(H,17,18). The molecule has 4 nitrogen and oxygen atoms in total. The first-order valence-corrected chi connectivity index (χ1v) is 5.70. The molecule has 0 amide bonds. The number of carboxylic acid groups (broad SMARTS) is 1. The van der Waals surface area contributed by atoms with Crippen LogP contribution in [0.1, 0.15) is 15.9 Å². The summed E-state index contributed by atoms with van der Waals surface area (Å²) in [6, 6.07) is 15.6. The zero-order chi connectivity index (χ0) is 13.7. The van der Waals surface area contributed by atoms with Crippen molar-refractivity contribution in [3.05, 3.63) is 72.3 Å². The molecule has 0 unspecified atom stereocenters. The number of nitrogens with one attached hydrogen (secondary N) is 1. The van der Waals surface area contributed by atoms with Crippen molar-refractivity contribution >= 4 is 17.4 Å². The van der Waals surface area contributed by atoms with Crippen LogP contribution in [0.5, 0.6) is 0 Å². The van der Waals surface area contributed by atoms with Crippen LogP contribution in [-0.4, -0.2) is 16.9 Å². The molecule has 2 rings (SSSR count). The first-order valence-electron chi connectivity index (χ1n) is 5.70. The van der Waals surface area contributed by atoms with Crippen molar-refractivity contribution in [1.82, 2.24) is 0 Å².